The summed E-state index contributed by atoms with van der Waals surface area (Å²) >= 11 is 0. The third-order valence-electron chi connectivity index (χ3n) is 4.07. The number of carbonyl (C=O) groups is 1. The molecule has 23 heavy (non-hydrogen) atoms. The number of likely N-dealkylation sites (tertiary alicyclic amines) is 1. The van der Waals surface area contributed by atoms with Crippen LogP contribution in [0.4, 0.5) is 0 Å². The van der Waals surface area contributed by atoms with E-state index in [1.807, 2.05) is 11.8 Å². The maximum Gasteiger partial charge on any atom is 0.222 e. The molecule has 0 radical (unpaired) electrons. The van der Waals surface area contributed by atoms with E-state index in [1.165, 1.54) is 11.1 Å². The monoisotopic (exact) mass is 316 g/mol. The molecule has 1 aromatic carbocycles. The molecular weight excluding hydrogens is 288 g/mol. The molecule has 2 rings (SSSR count). The summed E-state index contributed by atoms with van der Waals surface area (Å²) in [5.41, 5.74) is 2.46. The molecule has 1 aliphatic heterocycles. The first-order chi connectivity index (χ1) is 11.1. The quantitative estimate of drug-likeness (QED) is 0.646. The van der Waals surface area contributed by atoms with E-state index in [0.29, 0.717) is 13.0 Å². The molecule has 0 saturated carbocycles. The van der Waals surface area contributed by atoms with Crippen molar-refractivity contribution in [2.45, 2.75) is 46.2 Å². The van der Waals surface area contributed by atoms with Gasteiger partial charge in [0.2, 0.25) is 5.91 Å². The molecule has 0 aromatic heterocycles. The van der Waals surface area contributed by atoms with Crippen molar-refractivity contribution in [2.24, 2.45) is 4.99 Å². The minimum atomic E-state index is 0.232. The highest BCUT2D eigenvalue weighted by Gasteiger charge is 2.25. The topological polar surface area (TPSA) is 56.7 Å². The molecule has 0 aliphatic carbocycles. The summed E-state index contributed by atoms with van der Waals surface area (Å²) in [6, 6.07) is 8.72. The Labute approximate surface area is 139 Å². The molecule has 5 heteroatoms. The first kappa shape index (κ1) is 17.3. The fourth-order valence-corrected chi connectivity index (χ4v) is 2.71. The number of hydrogen-bond donors (Lipinski definition) is 2. The summed E-state index contributed by atoms with van der Waals surface area (Å²) in [6.07, 6.45) is 1.55. The zero-order valence-corrected chi connectivity index (χ0v) is 14.4. The summed E-state index contributed by atoms with van der Waals surface area (Å²) in [6.45, 7) is 9.14. The molecule has 1 atom stereocenters. The van der Waals surface area contributed by atoms with E-state index < -0.39 is 0 Å². The number of benzene rings is 1. The Bertz CT molecular complexity index is 538. The number of carbonyl (C=O) groups excluding carboxylic acids is 1. The van der Waals surface area contributed by atoms with Gasteiger partial charge >= 0.3 is 0 Å². The molecule has 1 aliphatic rings. The zero-order valence-electron chi connectivity index (χ0n) is 14.4. The number of nitrogens with zero attached hydrogens (tertiary/aromatic N) is 2. The van der Waals surface area contributed by atoms with Crippen LogP contribution in [0.3, 0.4) is 0 Å². The minimum absolute atomic E-state index is 0.232. The second-order valence-electron chi connectivity index (χ2n) is 6.00. The van der Waals surface area contributed by atoms with E-state index >= 15 is 0 Å². The molecule has 1 amide bonds. The molecule has 2 N–H and O–H groups in total. The molecule has 5 nitrogen and oxygen atoms in total. The Kier molecular flexibility index (Phi) is 6.44. The number of guanidine groups is 1. The van der Waals surface area contributed by atoms with Crippen LogP contribution in [-0.4, -0.2) is 42.4 Å². The summed E-state index contributed by atoms with van der Waals surface area (Å²) in [5, 5.41) is 6.74. The smallest absolute Gasteiger partial charge is 0.222 e. The first-order valence-electron chi connectivity index (χ1n) is 8.50. The molecule has 1 heterocycles. The summed E-state index contributed by atoms with van der Waals surface area (Å²) in [7, 11) is 0. The van der Waals surface area contributed by atoms with Crippen LogP contribution in [0.1, 0.15) is 37.8 Å². The van der Waals surface area contributed by atoms with Gasteiger partial charge in [0, 0.05) is 32.1 Å². The lowest BCUT2D eigenvalue weighted by molar-refractivity contribution is -0.129. The molecule has 1 unspecified atom stereocenters. The zero-order chi connectivity index (χ0) is 16.7. The van der Waals surface area contributed by atoms with Gasteiger partial charge in [-0.15, -0.1) is 0 Å². The Hall–Kier alpha value is -2.04. The van der Waals surface area contributed by atoms with E-state index in [9.17, 15) is 4.79 Å². The standard InChI is InChI=1S/C18H28N4O/c1-4-17(23)22-11-10-16(13-22)21-18(19-5-2)20-12-15-8-6-14(3)7-9-15/h6-9,16H,4-5,10-13H2,1-3H3,(H2,19,20,21). The molecule has 1 fully saturated rings. The summed E-state index contributed by atoms with van der Waals surface area (Å²) in [4.78, 5) is 18.4. The van der Waals surface area contributed by atoms with Gasteiger partial charge in [0.1, 0.15) is 0 Å². The fraction of sp³-hybridized carbons (Fsp3) is 0.556. The average molecular weight is 316 g/mol. The number of aliphatic imine (C=N–C) groups is 1. The third kappa shape index (κ3) is 5.27. The van der Waals surface area contributed by atoms with Crippen LogP contribution in [0, 0.1) is 6.92 Å². The van der Waals surface area contributed by atoms with Gasteiger partial charge in [0.15, 0.2) is 5.96 Å². The van der Waals surface area contributed by atoms with Crippen LogP contribution >= 0.6 is 0 Å². The van der Waals surface area contributed by atoms with E-state index in [2.05, 4.69) is 53.7 Å². The summed E-state index contributed by atoms with van der Waals surface area (Å²) < 4.78 is 0. The van der Waals surface area contributed by atoms with Gasteiger partial charge in [-0.25, -0.2) is 4.99 Å². The second kappa shape index (κ2) is 8.56. The molecule has 126 valence electrons. The maximum absolute atomic E-state index is 11.8. The van der Waals surface area contributed by atoms with Gasteiger partial charge in [-0.1, -0.05) is 36.8 Å². The lowest BCUT2D eigenvalue weighted by atomic mass is 10.1. The number of aryl methyl sites for hydroxylation is 1. The molecule has 1 saturated heterocycles. The second-order valence-corrected chi connectivity index (χ2v) is 6.00. The largest absolute Gasteiger partial charge is 0.357 e. The maximum atomic E-state index is 11.8. The predicted octanol–water partition coefficient (Wildman–Crippen LogP) is 2.06. The number of amides is 1. The van der Waals surface area contributed by atoms with E-state index in [0.717, 1.165) is 32.0 Å². The van der Waals surface area contributed by atoms with Gasteiger partial charge in [-0.3, -0.25) is 4.79 Å². The number of rotatable bonds is 5. The Morgan fingerprint density at radius 3 is 2.70 bits per heavy atom. The van der Waals surface area contributed by atoms with Crippen LogP contribution in [0.2, 0.25) is 0 Å². The highest BCUT2D eigenvalue weighted by molar-refractivity contribution is 5.80. The van der Waals surface area contributed by atoms with Crippen molar-refractivity contribution in [2.75, 3.05) is 19.6 Å². The lowest BCUT2D eigenvalue weighted by Gasteiger charge is -2.18. The van der Waals surface area contributed by atoms with Crippen molar-refractivity contribution < 1.29 is 4.79 Å². The van der Waals surface area contributed by atoms with E-state index in [4.69, 9.17) is 0 Å². The SMILES string of the molecule is CCNC(=NCc1ccc(C)cc1)NC1CCN(C(=O)CC)C1. The van der Waals surface area contributed by atoms with Crippen LogP contribution in [0.15, 0.2) is 29.3 Å². The van der Waals surface area contributed by atoms with Crippen molar-refractivity contribution in [3.05, 3.63) is 35.4 Å². The molecule has 0 spiro atoms. The Morgan fingerprint density at radius 1 is 1.30 bits per heavy atom. The lowest BCUT2D eigenvalue weighted by Crippen LogP contribution is -2.45. The van der Waals surface area contributed by atoms with E-state index in [-0.39, 0.29) is 11.9 Å². The Morgan fingerprint density at radius 2 is 2.04 bits per heavy atom. The van der Waals surface area contributed by atoms with Gasteiger partial charge in [-0.2, -0.15) is 0 Å². The van der Waals surface area contributed by atoms with Crippen molar-refractivity contribution in [1.29, 1.82) is 0 Å². The van der Waals surface area contributed by atoms with Gasteiger partial charge < -0.3 is 15.5 Å². The van der Waals surface area contributed by atoms with Gasteiger partial charge in [0.05, 0.1) is 6.54 Å². The molecular formula is C18H28N4O. The van der Waals surface area contributed by atoms with Crippen LogP contribution in [0.5, 0.6) is 0 Å². The van der Waals surface area contributed by atoms with Crippen LogP contribution in [0.25, 0.3) is 0 Å². The first-order valence-corrected chi connectivity index (χ1v) is 8.50. The van der Waals surface area contributed by atoms with Crippen LogP contribution < -0.4 is 10.6 Å². The highest BCUT2D eigenvalue weighted by Crippen LogP contribution is 2.10. The van der Waals surface area contributed by atoms with Crippen molar-refractivity contribution in [1.82, 2.24) is 15.5 Å². The fourth-order valence-electron chi connectivity index (χ4n) is 2.71. The average Bonchev–Trinajstić information content (AvgIpc) is 3.02. The van der Waals surface area contributed by atoms with Crippen molar-refractivity contribution in [3.63, 3.8) is 0 Å². The van der Waals surface area contributed by atoms with Crippen molar-refractivity contribution >= 4 is 11.9 Å². The van der Waals surface area contributed by atoms with Gasteiger partial charge in [-0.05, 0) is 25.8 Å². The molecule has 1 aromatic rings. The molecule has 0 bridgehead atoms. The Balaban J connectivity index is 1.92. The van der Waals surface area contributed by atoms with Crippen LogP contribution in [-0.2, 0) is 11.3 Å². The normalized spacial score (nSPS) is 18.1. The van der Waals surface area contributed by atoms with E-state index in [1.54, 1.807) is 0 Å². The third-order valence-corrected chi connectivity index (χ3v) is 4.07. The highest BCUT2D eigenvalue weighted by atomic mass is 16.2. The number of hydrogen-bond acceptors (Lipinski definition) is 2. The van der Waals surface area contributed by atoms with Crippen molar-refractivity contribution in [3.8, 4) is 0 Å². The number of nitrogens with one attached hydrogen (secondary N) is 2. The predicted molar refractivity (Wildman–Crippen MR) is 94.4 cm³/mol. The minimum Gasteiger partial charge on any atom is -0.357 e. The van der Waals surface area contributed by atoms with Gasteiger partial charge in [0.25, 0.3) is 0 Å². The summed E-state index contributed by atoms with van der Waals surface area (Å²) in [5.74, 6) is 1.06.